The molecule has 0 unspecified atom stereocenters. The minimum absolute atomic E-state index is 0.594. The lowest BCUT2D eigenvalue weighted by Gasteiger charge is -2.14. The molecule has 0 fully saturated rings. The third-order valence-electron chi connectivity index (χ3n) is 3.37. The smallest absolute Gasteiger partial charge is 0.0744 e. The highest BCUT2D eigenvalue weighted by Crippen LogP contribution is 2.26. The number of aryl methyl sites for hydroxylation is 2. The van der Waals surface area contributed by atoms with Crippen molar-refractivity contribution in [3.05, 3.63) is 63.1 Å². The van der Waals surface area contributed by atoms with Crippen LogP contribution in [0.3, 0.4) is 0 Å². The summed E-state index contributed by atoms with van der Waals surface area (Å²) >= 11 is 3.58. The molecule has 3 heteroatoms. The maximum Gasteiger partial charge on any atom is 0.0744 e. The Morgan fingerprint density at radius 3 is 2.65 bits per heavy atom. The maximum absolute atomic E-state index is 5.27. The molecule has 0 aliphatic rings. The summed E-state index contributed by atoms with van der Waals surface area (Å²) in [5.74, 6) is 0. The Kier molecular flexibility index (Phi) is 5.21. The predicted octanol–water partition coefficient (Wildman–Crippen LogP) is 4.82. The summed E-state index contributed by atoms with van der Waals surface area (Å²) in [4.78, 5) is 0. The molecule has 0 aliphatic heterocycles. The Bertz CT molecular complexity index is 596. The van der Waals surface area contributed by atoms with Crippen LogP contribution in [0.4, 0.5) is 5.69 Å². The van der Waals surface area contributed by atoms with Gasteiger partial charge in [0.2, 0.25) is 0 Å². The van der Waals surface area contributed by atoms with E-state index >= 15 is 0 Å². The van der Waals surface area contributed by atoms with Crippen molar-refractivity contribution in [1.29, 1.82) is 0 Å². The second kappa shape index (κ2) is 6.91. The molecule has 0 radical (unpaired) electrons. The highest BCUT2D eigenvalue weighted by molar-refractivity contribution is 9.10. The highest BCUT2D eigenvalue weighted by Gasteiger charge is 2.07. The summed E-state index contributed by atoms with van der Waals surface area (Å²) in [5, 5.41) is 3.51. The molecule has 0 spiro atoms. The van der Waals surface area contributed by atoms with E-state index in [1.165, 1.54) is 16.7 Å². The van der Waals surface area contributed by atoms with Gasteiger partial charge in [0, 0.05) is 29.4 Å². The third-order valence-corrected chi connectivity index (χ3v) is 4.12. The van der Waals surface area contributed by atoms with Crippen LogP contribution in [0.5, 0.6) is 0 Å². The lowest BCUT2D eigenvalue weighted by Crippen LogP contribution is -2.05. The van der Waals surface area contributed by atoms with Gasteiger partial charge in [0.05, 0.1) is 6.61 Å². The van der Waals surface area contributed by atoms with Crippen molar-refractivity contribution in [2.75, 3.05) is 12.4 Å². The van der Waals surface area contributed by atoms with E-state index in [-0.39, 0.29) is 0 Å². The number of methoxy groups -OCH3 is 1. The van der Waals surface area contributed by atoms with E-state index in [0.717, 1.165) is 22.3 Å². The van der Waals surface area contributed by atoms with Crippen molar-refractivity contribution in [2.24, 2.45) is 0 Å². The van der Waals surface area contributed by atoms with Crippen LogP contribution in [0.2, 0.25) is 0 Å². The summed E-state index contributed by atoms with van der Waals surface area (Å²) in [5.41, 5.74) is 6.20. The lowest BCUT2D eigenvalue weighted by atomic mass is 10.1. The quantitative estimate of drug-likeness (QED) is 0.846. The lowest BCUT2D eigenvalue weighted by molar-refractivity contribution is 0.185. The largest absolute Gasteiger partial charge is 0.381 e. The van der Waals surface area contributed by atoms with Crippen LogP contribution in [0.1, 0.15) is 22.3 Å². The van der Waals surface area contributed by atoms with Crippen LogP contribution in [0.25, 0.3) is 0 Å². The van der Waals surface area contributed by atoms with E-state index in [1.54, 1.807) is 7.11 Å². The van der Waals surface area contributed by atoms with Crippen molar-refractivity contribution in [3.8, 4) is 0 Å². The second-order valence-electron chi connectivity index (χ2n) is 4.98. The number of hydrogen-bond donors (Lipinski definition) is 1. The third kappa shape index (κ3) is 3.62. The number of ether oxygens (including phenoxy) is 1. The standard InChI is InChI=1S/C17H20BrNO/c1-12-7-8-14(13(2)9-12)10-19-17-6-4-5-16(18)15(17)11-20-3/h4-9,19H,10-11H2,1-3H3. The van der Waals surface area contributed by atoms with Gasteiger partial charge in [-0.2, -0.15) is 0 Å². The molecule has 20 heavy (non-hydrogen) atoms. The zero-order chi connectivity index (χ0) is 14.5. The van der Waals surface area contributed by atoms with Gasteiger partial charge in [-0.25, -0.2) is 0 Å². The number of benzene rings is 2. The van der Waals surface area contributed by atoms with E-state index in [4.69, 9.17) is 4.74 Å². The monoisotopic (exact) mass is 333 g/mol. The molecule has 0 heterocycles. The number of anilines is 1. The highest BCUT2D eigenvalue weighted by atomic mass is 79.9. The fraction of sp³-hybridized carbons (Fsp3) is 0.294. The first-order valence-corrected chi connectivity index (χ1v) is 7.47. The van der Waals surface area contributed by atoms with Crippen molar-refractivity contribution < 1.29 is 4.74 Å². The normalized spacial score (nSPS) is 10.6. The van der Waals surface area contributed by atoms with Crippen LogP contribution in [0, 0.1) is 13.8 Å². The average molecular weight is 334 g/mol. The SMILES string of the molecule is COCc1c(Br)cccc1NCc1ccc(C)cc1C. The van der Waals surface area contributed by atoms with E-state index in [9.17, 15) is 0 Å². The summed E-state index contributed by atoms with van der Waals surface area (Å²) in [6, 6.07) is 12.7. The molecule has 106 valence electrons. The first-order valence-electron chi connectivity index (χ1n) is 6.68. The molecule has 1 N–H and O–H groups in total. The average Bonchev–Trinajstić information content (AvgIpc) is 2.41. The maximum atomic E-state index is 5.27. The molecule has 0 atom stereocenters. The molecule has 0 saturated heterocycles. The van der Waals surface area contributed by atoms with Crippen molar-refractivity contribution in [2.45, 2.75) is 27.0 Å². The van der Waals surface area contributed by atoms with Crippen LogP contribution in [-0.4, -0.2) is 7.11 Å². The van der Waals surface area contributed by atoms with E-state index in [2.05, 4.69) is 59.4 Å². The molecule has 2 aromatic rings. The van der Waals surface area contributed by atoms with Gasteiger partial charge in [-0.1, -0.05) is 45.8 Å². The Morgan fingerprint density at radius 2 is 1.95 bits per heavy atom. The van der Waals surface area contributed by atoms with E-state index in [1.807, 2.05) is 12.1 Å². The Labute approximate surface area is 129 Å². The summed E-state index contributed by atoms with van der Waals surface area (Å²) in [6.45, 7) is 5.69. The fourth-order valence-corrected chi connectivity index (χ4v) is 2.73. The molecule has 0 aromatic heterocycles. The fourth-order valence-electron chi connectivity index (χ4n) is 2.25. The van der Waals surface area contributed by atoms with Gasteiger partial charge in [-0.15, -0.1) is 0 Å². The Morgan fingerprint density at radius 1 is 1.15 bits per heavy atom. The molecule has 0 amide bonds. The Balaban J connectivity index is 2.16. The van der Waals surface area contributed by atoms with Crippen molar-refractivity contribution >= 4 is 21.6 Å². The topological polar surface area (TPSA) is 21.3 Å². The predicted molar refractivity (Wildman–Crippen MR) is 88.1 cm³/mol. The molecule has 0 aliphatic carbocycles. The van der Waals surface area contributed by atoms with Gasteiger partial charge in [0.25, 0.3) is 0 Å². The van der Waals surface area contributed by atoms with Gasteiger partial charge in [-0.3, -0.25) is 0 Å². The van der Waals surface area contributed by atoms with Gasteiger partial charge < -0.3 is 10.1 Å². The second-order valence-corrected chi connectivity index (χ2v) is 5.84. The van der Waals surface area contributed by atoms with Gasteiger partial charge in [0.1, 0.15) is 0 Å². The number of hydrogen-bond acceptors (Lipinski definition) is 2. The molecule has 0 saturated carbocycles. The summed E-state index contributed by atoms with van der Waals surface area (Å²) in [7, 11) is 1.72. The van der Waals surface area contributed by atoms with Crippen LogP contribution >= 0.6 is 15.9 Å². The molecular weight excluding hydrogens is 314 g/mol. The minimum Gasteiger partial charge on any atom is -0.381 e. The summed E-state index contributed by atoms with van der Waals surface area (Å²) in [6.07, 6.45) is 0. The number of rotatable bonds is 5. The van der Waals surface area contributed by atoms with E-state index < -0.39 is 0 Å². The molecule has 2 rings (SSSR count). The van der Waals surface area contributed by atoms with Gasteiger partial charge in [0.15, 0.2) is 0 Å². The Hall–Kier alpha value is -1.32. The zero-order valence-corrected chi connectivity index (χ0v) is 13.8. The van der Waals surface area contributed by atoms with Crippen molar-refractivity contribution in [3.63, 3.8) is 0 Å². The van der Waals surface area contributed by atoms with E-state index in [0.29, 0.717) is 6.61 Å². The van der Waals surface area contributed by atoms with Crippen LogP contribution in [-0.2, 0) is 17.9 Å². The van der Waals surface area contributed by atoms with Crippen molar-refractivity contribution in [1.82, 2.24) is 0 Å². The van der Waals surface area contributed by atoms with Gasteiger partial charge >= 0.3 is 0 Å². The first kappa shape index (κ1) is 15.1. The van der Waals surface area contributed by atoms with Crippen LogP contribution < -0.4 is 5.32 Å². The number of nitrogens with one attached hydrogen (secondary N) is 1. The molecule has 0 bridgehead atoms. The minimum atomic E-state index is 0.594. The molecule has 2 aromatic carbocycles. The summed E-state index contributed by atoms with van der Waals surface area (Å²) < 4.78 is 6.34. The molecule has 2 nitrogen and oxygen atoms in total. The van der Waals surface area contributed by atoms with Crippen LogP contribution in [0.15, 0.2) is 40.9 Å². The number of halogens is 1. The molecular formula is C17H20BrNO. The first-order chi connectivity index (χ1) is 9.61. The zero-order valence-electron chi connectivity index (χ0n) is 12.2. The van der Waals surface area contributed by atoms with Gasteiger partial charge in [-0.05, 0) is 37.1 Å².